The van der Waals surface area contributed by atoms with Crippen molar-refractivity contribution < 1.29 is 9.90 Å². The minimum absolute atomic E-state index is 0.0117. The number of aliphatic carboxylic acids is 1. The van der Waals surface area contributed by atoms with E-state index in [0.717, 1.165) is 5.56 Å². The number of hydrogen-bond acceptors (Lipinski definition) is 2. The Kier molecular flexibility index (Phi) is 5.10. The summed E-state index contributed by atoms with van der Waals surface area (Å²) in [6.07, 6.45) is 2.90. The predicted octanol–water partition coefficient (Wildman–Crippen LogP) is 3.05. The van der Waals surface area contributed by atoms with Gasteiger partial charge in [0.15, 0.2) is 0 Å². The number of carbonyl (C=O) groups is 1. The fraction of sp³-hybridized carbons (Fsp3) is 0.400. The van der Waals surface area contributed by atoms with Gasteiger partial charge in [-0.25, -0.2) is 4.79 Å². The van der Waals surface area contributed by atoms with E-state index in [-0.39, 0.29) is 6.04 Å². The van der Waals surface area contributed by atoms with Crippen molar-refractivity contribution >= 4 is 5.97 Å². The first-order valence-electron chi connectivity index (χ1n) is 6.09. The fourth-order valence-electron chi connectivity index (χ4n) is 1.83. The number of nitrogens with zero attached hydrogens (tertiary/aromatic N) is 1. The van der Waals surface area contributed by atoms with Gasteiger partial charge in [-0.05, 0) is 31.1 Å². The number of carboxylic acid groups (broad SMARTS) is 1. The molecule has 1 atom stereocenters. The summed E-state index contributed by atoms with van der Waals surface area (Å²) in [5, 5.41) is 8.70. The van der Waals surface area contributed by atoms with Crippen LogP contribution in [0.3, 0.4) is 0 Å². The van der Waals surface area contributed by atoms with Gasteiger partial charge < -0.3 is 5.11 Å². The first kappa shape index (κ1) is 14.5. The minimum atomic E-state index is -0.916. The lowest BCUT2D eigenvalue weighted by atomic mass is 9.98. The van der Waals surface area contributed by atoms with Crippen molar-refractivity contribution in [2.24, 2.45) is 0 Å². The van der Waals surface area contributed by atoms with E-state index in [0.29, 0.717) is 5.92 Å². The first-order valence-corrected chi connectivity index (χ1v) is 6.09. The Morgan fingerprint density at radius 2 is 1.67 bits per heavy atom. The summed E-state index contributed by atoms with van der Waals surface area (Å²) in [6, 6.07) is 8.32. The molecular formula is C15H21NO2. The lowest BCUT2D eigenvalue weighted by Gasteiger charge is -2.21. The fourth-order valence-corrected chi connectivity index (χ4v) is 1.83. The van der Waals surface area contributed by atoms with Crippen molar-refractivity contribution in [2.75, 3.05) is 14.1 Å². The zero-order valence-electron chi connectivity index (χ0n) is 11.4. The highest BCUT2D eigenvalue weighted by Gasteiger charge is 2.11. The second kappa shape index (κ2) is 6.36. The van der Waals surface area contributed by atoms with Crippen molar-refractivity contribution in [3.8, 4) is 0 Å². The zero-order chi connectivity index (χ0) is 13.7. The van der Waals surface area contributed by atoms with Crippen LogP contribution in [0.25, 0.3) is 0 Å². The van der Waals surface area contributed by atoms with Crippen LogP contribution in [0.4, 0.5) is 0 Å². The molecule has 0 aliphatic carbocycles. The van der Waals surface area contributed by atoms with E-state index in [1.54, 1.807) is 6.08 Å². The summed E-state index contributed by atoms with van der Waals surface area (Å²) in [5.74, 6) is -0.410. The SMILES string of the molecule is CC(C)c1ccc(C(/C=C/C(=O)O)N(C)C)cc1. The van der Waals surface area contributed by atoms with Gasteiger partial charge in [0, 0.05) is 6.08 Å². The Bertz CT molecular complexity index is 419. The van der Waals surface area contributed by atoms with E-state index in [9.17, 15) is 4.79 Å². The van der Waals surface area contributed by atoms with Crippen LogP contribution in [-0.4, -0.2) is 30.1 Å². The Hall–Kier alpha value is -1.61. The van der Waals surface area contributed by atoms with Crippen LogP contribution in [0.15, 0.2) is 36.4 Å². The van der Waals surface area contributed by atoms with Crippen LogP contribution in [0.1, 0.15) is 36.9 Å². The van der Waals surface area contributed by atoms with E-state index in [2.05, 4.69) is 38.1 Å². The van der Waals surface area contributed by atoms with Crippen LogP contribution >= 0.6 is 0 Å². The normalized spacial score (nSPS) is 13.4. The lowest BCUT2D eigenvalue weighted by Crippen LogP contribution is -2.18. The maximum absolute atomic E-state index is 10.6. The second-order valence-corrected chi connectivity index (χ2v) is 4.93. The highest BCUT2D eigenvalue weighted by Crippen LogP contribution is 2.22. The Morgan fingerprint density at radius 1 is 1.17 bits per heavy atom. The Morgan fingerprint density at radius 3 is 2.06 bits per heavy atom. The molecule has 3 heteroatoms. The van der Waals surface area contributed by atoms with E-state index >= 15 is 0 Å². The van der Waals surface area contributed by atoms with Crippen molar-refractivity contribution in [3.63, 3.8) is 0 Å². The molecule has 0 aliphatic heterocycles. The molecule has 1 rings (SSSR count). The van der Waals surface area contributed by atoms with Gasteiger partial charge in [0.1, 0.15) is 0 Å². The van der Waals surface area contributed by atoms with Gasteiger partial charge >= 0.3 is 5.97 Å². The molecule has 1 aromatic carbocycles. The van der Waals surface area contributed by atoms with Crippen LogP contribution in [0.2, 0.25) is 0 Å². The maximum atomic E-state index is 10.6. The summed E-state index contributed by atoms with van der Waals surface area (Å²) in [7, 11) is 3.88. The Labute approximate surface area is 109 Å². The van der Waals surface area contributed by atoms with E-state index in [1.165, 1.54) is 11.6 Å². The molecule has 0 heterocycles. The van der Waals surface area contributed by atoms with E-state index in [1.807, 2.05) is 19.0 Å². The summed E-state index contributed by atoms with van der Waals surface area (Å²) < 4.78 is 0. The third-order valence-corrected chi connectivity index (χ3v) is 2.92. The van der Waals surface area contributed by atoms with Crippen molar-refractivity contribution in [2.45, 2.75) is 25.8 Å². The van der Waals surface area contributed by atoms with Gasteiger partial charge in [-0.15, -0.1) is 0 Å². The highest BCUT2D eigenvalue weighted by atomic mass is 16.4. The van der Waals surface area contributed by atoms with Gasteiger partial charge in [-0.1, -0.05) is 44.2 Å². The molecule has 0 aliphatic rings. The summed E-state index contributed by atoms with van der Waals surface area (Å²) in [6.45, 7) is 4.31. The largest absolute Gasteiger partial charge is 0.478 e. The molecule has 1 aromatic rings. The average Bonchev–Trinajstić information content (AvgIpc) is 2.29. The highest BCUT2D eigenvalue weighted by molar-refractivity contribution is 5.79. The standard InChI is InChI=1S/C15H21NO2/c1-11(2)12-5-7-13(8-6-12)14(16(3)4)9-10-15(17)18/h5-11,14H,1-4H3,(H,17,18)/b10-9+. The molecule has 0 spiro atoms. The first-order chi connectivity index (χ1) is 8.41. The van der Waals surface area contributed by atoms with Crippen molar-refractivity contribution in [1.29, 1.82) is 0 Å². The molecule has 0 radical (unpaired) electrons. The number of carboxylic acids is 1. The molecule has 0 amide bonds. The predicted molar refractivity (Wildman–Crippen MR) is 73.7 cm³/mol. The monoisotopic (exact) mass is 247 g/mol. The number of hydrogen-bond donors (Lipinski definition) is 1. The van der Waals surface area contributed by atoms with Gasteiger partial charge in [0.2, 0.25) is 0 Å². The summed E-state index contributed by atoms with van der Waals surface area (Å²) in [4.78, 5) is 12.6. The van der Waals surface area contributed by atoms with E-state index in [4.69, 9.17) is 5.11 Å². The van der Waals surface area contributed by atoms with Crippen LogP contribution in [-0.2, 0) is 4.79 Å². The smallest absolute Gasteiger partial charge is 0.328 e. The third-order valence-electron chi connectivity index (χ3n) is 2.92. The zero-order valence-corrected chi connectivity index (χ0v) is 11.4. The lowest BCUT2D eigenvalue weighted by molar-refractivity contribution is -0.131. The molecule has 0 saturated heterocycles. The number of rotatable bonds is 5. The number of benzene rings is 1. The molecule has 0 aromatic heterocycles. The average molecular weight is 247 g/mol. The van der Waals surface area contributed by atoms with Gasteiger partial charge in [-0.3, -0.25) is 4.90 Å². The maximum Gasteiger partial charge on any atom is 0.328 e. The number of likely N-dealkylation sites (N-methyl/N-ethyl adjacent to an activating group) is 1. The summed E-state index contributed by atoms with van der Waals surface area (Å²) >= 11 is 0. The van der Waals surface area contributed by atoms with E-state index < -0.39 is 5.97 Å². The summed E-state index contributed by atoms with van der Waals surface area (Å²) in [5.41, 5.74) is 2.39. The molecule has 0 fully saturated rings. The second-order valence-electron chi connectivity index (χ2n) is 4.93. The van der Waals surface area contributed by atoms with Crippen LogP contribution in [0.5, 0.6) is 0 Å². The molecule has 1 N–H and O–H groups in total. The molecule has 0 bridgehead atoms. The molecule has 3 nitrogen and oxygen atoms in total. The molecule has 0 saturated carbocycles. The Balaban J connectivity index is 2.96. The van der Waals surface area contributed by atoms with Crippen molar-refractivity contribution in [1.82, 2.24) is 4.90 Å². The van der Waals surface area contributed by atoms with Crippen LogP contribution < -0.4 is 0 Å². The third kappa shape index (κ3) is 4.00. The van der Waals surface area contributed by atoms with Crippen LogP contribution in [0, 0.1) is 0 Å². The van der Waals surface area contributed by atoms with Gasteiger partial charge in [0.25, 0.3) is 0 Å². The topological polar surface area (TPSA) is 40.5 Å². The van der Waals surface area contributed by atoms with Crippen molar-refractivity contribution in [3.05, 3.63) is 47.5 Å². The molecular weight excluding hydrogens is 226 g/mol. The molecule has 98 valence electrons. The van der Waals surface area contributed by atoms with Gasteiger partial charge in [0.05, 0.1) is 6.04 Å². The van der Waals surface area contributed by atoms with Gasteiger partial charge in [-0.2, -0.15) is 0 Å². The molecule has 1 unspecified atom stereocenters. The molecule has 18 heavy (non-hydrogen) atoms. The quantitative estimate of drug-likeness (QED) is 0.813. The minimum Gasteiger partial charge on any atom is -0.478 e.